The van der Waals surface area contributed by atoms with Gasteiger partial charge in [0.05, 0.1) is 11.6 Å². The zero-order chi connectivity index (χ0) is 25.0. The van der Waals surface area contributed by atoms with Crippen molar-refractivity contribution in [2.75, 3.05) is 6.54 Å². The van der Waals surface area contributed by atoms with Gasteiger partial charge in [-0.2, -0.15) is 5.10 Å². The van der Waals surface area contributed by atoms with E-state index in [0.29, 0.717) is 40.5 Å². The van der Waals surface area contributed by atoms with Crippen molar-refractivity contribution in [1.82, 2.24) is 19.5 Å². The second kappa shape index (κ2) is 8.98. The standard InChI is InChI=1S/C28H31FN4O3/c1-16-7-3-2-4-12-32(16)27(34)23-14-24(17-8-5-9-17)33-25(30-23)15-22(31-33)19-11-6-10-18(26(19)29)20-13-21(20)28(35)36/h6,10-11,14-17,20-21H,2-5,7-9,12-13H2,1H3,(H,35,36)/t16-,20?,21?/m1/s1. The number of aromatic nitrogens is 3. The Labute approximate surface area is 209 Å². The fourth-order valence-corrected chi connectivity index (χ4v) is 5.80. The maximum absolute atomic E-state index is 15.6. The van der Waals surface area contributed by atoms with E-state index in [1.807, 2.05) is 11.0 Å². The number of nitrogens with zero attached hydrogens (tertiary/aromatic N) is 4. The van der Waals surface area contributed by atoms with Crippen LogP contribution in [-0.2, 0) is 4.79 Å². The second-order valence-electron chi connectivity index (χ2n) is 10.7. The van der Waals surface area contributed by atoms with Gasteiger partial charge in [-0.3, -0.25) is 9.59 Å². The van der Waals surface area contributed by atoms with Crippen molar-refractivity contribution in [3.8, 4) is 11.3 Å². The molecule has 1 aromatic carbocycles. The molecule has 1 saturated heterocycles. The summed E-state index contributed by atoms with van der Waals surface area (Å²) in [6.45, 7) is 2.85. The van der Waals surface area contributed by atoms with E-state index >= 15 is 4.39 Å². The maximum atomic E-state index is 15.6. The molecule has 3 fully saturated rings. The number of amides is 1. The van der Waals surface area contributed by atoms with E-state index in [1.54, 1.807) is 28.8 Å². The number of hydrogen-bond acceptors (Lipinski definition) is 4. The Balaban J connectivity index is 1.40. The summed E-state index contributed by atoms with van der Waals surface area (Å²) >= 11 is 0. The van der Waals surface area contributed by atoms with E-state index in [-0.39, 0.29) is 17.9 Å². The first-order valence-corrected chi connectivity index (χ1v) is 13.2. The molecule has 0 spiro atoms. The molecule has 2 aromatic heterocycles. The molecule has 1 amide bonds. The molecule has 188 valence electrons. The SMILES string of the molecule is C[C@@H]1CCCCCN1C(=O)c1cc(C2CCC2)n2nc(-c3cccc(C4CC4C(=O)O)c3F)cc2n1. The zero-order valence-corrected chi connectivity index (χ0v) is 20.5. The Bertz CT molecular complexity index is 1350. The summed E-state index contributed by atoms with van der Waals surface area (Å²) in [6, 6.07) is 8.91. The molecule has 8 heteroatoms. The number of carboxylic acids is 1. The van der Waals surface area contributed by atoms with Crippen LogP contribution in [0.5, 0.6) is 0 Å². The summed E-state index contributed by atoms with van der Waals surface area (Å²) in [5.74, 6) is -1.88. The van der Waals surface area contributed by atoms with Crippen molar-refractivity contribution < 1.29 is 19.1 Å². The molecule has 3 aromatic rings. The predicted molar refractivity (Wildman–Crippen MR) is 132 cm³/mol. The highest BCUT2D eigenvalue weighted by Gasteiger charge is 2.45. The molecule has 0 radical (unpaired) electrons. The smallest absolute Gasteiger partial charge is 0.307 e. The molecule has 7 nitrogen and oxygen atoms in total. The van der Waals surface area contributed by atoms with E-state index in [9.17, 15) is 14.7 Å². The maximum Gasteiger partial charge on any atom is 0.307 e. The van der Waals surface area contributed by atoms with Crippen LogP contribution in [0.4, 0.5) is 4.39 Å². The number of hydrogen-bond donors (Lipinski definition) is 1. The minimum Gasteiger partial charge on any atom is -0.481 e. The lowest BCUT2D eigenvalue weighted by Gasteiger charge is -2.29. The van der Waals surface area contributed by atoms with Gasteiger partial charge in [-0.15, -0.1) is 0 Å². The van der Waals surface area contributed by atoms with Crippen molar-refractivity contribution in [3.05, 3.63) is 53.1 Å². The lowest BCUT2D eigenvalue weighted by atomic mass is 9.82. The number of benzene rings is 1. The van der Waals surface area contributed by atoms with Crippen molar-refractivity contribution in [3.63, 3.8) is 0 Å². The first-order chi connectivity index (χ1) is 17.4. The fourth-order valence-electron chi connectivity index (χ4n) is 5.80. The van der Waals surface area contributed by atoms with Gasteiger partial charge in [0.25, 0.3) is 5.91 Å². The zero-order valence-electron chi connectivity index (χ0n) is 20.5. The average molecular weight is 491 g/mol. The van der Waals surface area contributed by atoms with Gasteiger partial charge in [-0.25, -0.2) is 13.9 Å². The number of likely N-dealkylation sites (tertiary alicyclic amines) is 1. The van der Waals surface area contributed by atoms with Crippen LogP contribution in [0, 0.1) is 11.7 Å². The number of rotatable bonds is 5. The third-order valence-electron chi connectivity index (χ3n) is 8.32. The van der Waals surface area contributed by atoms with Crippen LogP contribution in [-0.4, -0.2) is 49.1 Å². The van der Waals surface area contributed by atoms with E-state index in [0.717, 1.165) is 57.2 Å². The van der Waals surface area contributed by atoms with Crippen LogP contribution < -0.4 is 0 Å². The van der Waals surface area contributed by atoms with Gasteiger partial charge in [0, 0.05) is 41.7 Å². The molecule has 1 aliphatic heterocycles. The monoisotopic (exact) mass is 490 g/mol. The highest BCUT2D eigenvalue weighted by atomic mass is 19.1. The Morgan fingerprint density at radius 1 is 1.08 bits per heavy atom. The van der Waals surface area contributed by atoms with Gasteiger partial charge in [-0.05, 0) is 56.7 Å². The van der Waals surface area contributed by atoms with Crippen LogP contribution in [0.2, 0.25) is 0 Å². The van der Waals surface area contributed by atoms with Crippen molar-refractivity contribution >= 4 is 17.5 Å². The molecule has 2 unspecified atom stereocenters. The van der Waals surface area contributed by atoms with Crippen LogP contribution in [0.25, 0.3) is 16.9 Å². The Morgan fingerprint density at radius 2 is 1.92 bits per heavy atom. The number of carbonyl (C=O) groups excluding carboxylic acids is 1. The van der Waals surface area contributed by atoms with Gasteiger partial charge in [0.15, 0.2) is 5.65 Å². The highest BCUT2D eigenvalue weighted by molar-refractivity contribution is 5.93. The number of carboxylic acid groups (broad SMARTS) is 1. The summed E-state index contributed by atoms with van der Waals surface area (Å²) < 4.78 is 17.3. The van der Waals surface area contributed by atoms with Crippen molar-refractivity contribution in [1.29, 1.82) is 0 Å². The van der Waals surface area contributed by atoms with Crippen LogP contribution in [0.3, 0.4) is 0 Å². The Hall–Kier alpha value is -3.29. The van der Waals surface area contributed by atoms with Gasteiger partial charge in [-0.1, -0.05) is 31.4 Å². The van der Waals surface area contributed by atoms with E-state index < -0.39 is 17.7 Å². The molecule has 1 N–H and O–H groups in total. The van der Waals surface area contributed by atoms with E-state index in [4.69, 9.17) is 10.1 Å². The molecule has 3 atom stereocenters. The van der Waals surface area contributed by atoms with Crippen LogP contribution in [0.1, 0.15) is 91.9 Å². The average Bonchev–Trinajstić information content (AvgIpc) is 3.55. The Kier molecular flexibility index (Phi) is 5.77. The fraction of sp³-hybridized carbons (Fsp3) is 0.500. The van der Waals surface area contributed by atoms with E-state index in [2.05, 4.69) is 6.92 Å². The molecule has 2 aliphatic carbocycles. The third-order valence-corrected chi connectivity index (χ3v) is 8.32. The molecular formula is C28H31FN4O3. The summed E-state index contributed by atoms with van der Waals surface area (Å²) in [5, 5.41) is 14.0. The quantitative estimate of drug-likeness (QED) is 0.518. The molecule has 6 rings (SSSR count). The summed E-state index contributed by atoms with van der Waals surface area (Å²) in [7, 11) is 0. The molecule has 0 bridgehead atoms. The van der Waals surface area contributed by atoms with Gasteiger partial charge in [0.2, 0.25) is 0 Å². The number of halogens is 1. The van der Waals surface area contributed by atoms with Crippen molar-refractivity contribution in [2.24, 2.45) is 5.92 Å². The third kappa shape index (κ3) is 3.96. The lowest BCUT2D eigenvalue weighted by molar-refractivity contribution is -0.138. The van der Waals surface area contributed by atoms with Gasteiger partial charge < -0.3 is 10.0 Å². The van der Waals surface area contributed by atoms with Crippen LogP contribution in [0.15, 0.2) is 30.3 Å². The molecular weight excluding hydrogens is 459 g/mol. The molecule has 36 heavy (non-hydrogen) atoms. The number of fused-ring (bicyclic) bond motifs is 1. The Morgan fingerprint density at radius 3 is 2.64 bits per heavy atom. The van der Waals surface area contributed by atoms with Gasteiger partial charge >= 0.3 is 5.97 Å². The molecule has 3 aliphatic rings. The highest BCUT2D eigenvalue weighted by Crippen LogP contribution is 2.49. The first kappa shape index (κ1) is 23.1. The van der Waals surface area contributed by atoms with Gasteiger partial charge in [0.1, 0.15) is 11.5 Å². The minimum absolute atomic E-state index is 0.0446. The van der Waals surface area contributed by atoms with Crippen LogP contribution >= 0.6 is 0 Å². The summed E-state index contributed by atoms with van der Waals surface area (Å²) in [4.78, 5) is 31.5. The molecule has 3 heterocycles. The largest absolute Gasteiger partial charge is 0.481 e. The van der Waals surface area contributed by atoms with Crippen molar-refractivity contribution in [2.45, 2.75) is 76.2 Å². The number of carbonyl (C=O) groups is 2. The topological polar surface area (TPSA) is 87.8 Å². The predicted octanol–water partition coefficient (Wildman–Crippen LogP) is 5.40. The normalized spacial score (nSPS) is 24.4. The summed E-state index contributed by atoms with van der Waals surface area (Å²) in [6.07, 6.45) is 7.93. The minimum atomic E-state index is -0.886. The second-order valence-corrected chi connectivity index (χ2v) is 10.7. The lowest BCUT2D eigenvalue weighted by Crippen LogP contribution is -2.38. The summed E-state index contributed by atoms with van der Waals surface area (Å²) in [5.41, 5.74) is 3.13. The first-order valence-electron chi connectivity index (χ1n) is 13.2. The molecule has 2 saturated carbocycles. The van der Waals surface area contributed by atoms with E-state index in [1.165, 1.54) is 0 Å². The number of aliphatic carboxylic acids is 1.